The maximum absolute atomic E-state index is 13.1. The Balaban J connectivity index is 2.36. The highest BCUT2D eigenvalue weighted by Gasteiger charge is 2.34. The van der Waals surface area contributed by atoms with Crippen LogP contribution in [0.1, 0.15) is 22.3 Å². The standard InChI is InChI=1S/C16H23NO5S2/c1-12-10-13(16(18)22-3)4-5-15(12)24(19,20)17(7-8-21-2)14-6-9-23-11-14/h4-5,10,14H,6-9,11H2,1-3H3/t14-/m0/s1. The Kier molecular flexibility index (Phi) is 6.68. The lowest BCUT2D eigenvalue weighted by molar-refractivity contribution is 0.0600. The van der Waals surface area contributed by atoms with E-state index in [1.165, 1.54) is 23.5 Å². The SMILES string of the molecule is COCCN([C@H]1CCSC1)S(=O)(=O)c1ccc(C(=O)OC)cc1C. The van der Waals surface area contributed by atoms with Gasteiger partial charge in [-0.05, 0) is 42.9 Å². The van der Waals surface area contributed by atoms with Crippen molar-refractivity contribution in [3.05, 3.63) is 29.3 Å². The van der Waals surface area contributed by atoms with Gasteiger partial charge in [-0.2, -0.15) is 16.1 Å². The third-order valence-corrected chi connectivity index (χ3v) is 7.27. The summed E-state index contributed by atoms with van der Waals surface area (Å²) >= 11 is 1.76. The smallest absolute Gasteiger partial charge is 0.337 e. The molecule has 1 saturated heterocycles. The maximum atomic E-state index is 13.1. The zero-order chi connectivity index (χ0) is 17.7. The van der Waals surface area contributed by atoms with Crippen LogP contribution >= 0.6 is 11.8 Å². The molecule has 0 N–H and O–H groups in total. The molecule has 8 heteroatoms. The molecule has 1 aliphatic heterocycles. The van der Waals surface area contributed by atoms with E-state index in [0.29, 0.717) is 24.3 Å². The summed E-state index contributed by atoms with van der Waals surface area (Å²) in [5.74, 6) is 1.28. The van der Waals surface area contributed by atoms with Crippen molar-refractivity contribution in [2.45, 2.75) is 24.3 Å². The average Bonchev–Trinajstić information content (AvgIpc) is 3.08. The van der Waals surface area contributed by atoms with Gasteiger partial charge in [-0.3, -0.25) is 0 Å². The van der Waals surface area contributed by atoms with Gasteiger partial charge in [0, 0.05) is 25.4 Å². The highest BCUT2D eigenvalue weighted by atomic mass is 32.2. The van der Waals surface area contributed by atoms with Crippen LogP contribution in [0.2, 0.25) is 0 Å². The number of hydrogen-bond acceptors (Lipinski definition) is 6. The normalized spacial score (nSPS) is 18.1. The van der Waals surface area contributed by atoms with E-state index in [1.807, 2.05) is 0 Å². The van der Waals surface area contributed by atoms with Crippen LogP contribution < -0.4 is 0 Å². The van der Waals surface area contributed by atoms with E-state index in [-0.39, 0.29) is 10.9 Å². The monoisotopic (exact) mass is 373 g/mol. The minimum absolute atomic E-state index is 0.0187. The molecule has 0 aromatic heterocycles. The molecule has 1 aliphatic rings. The Labute approximate surface area is 147 Å². The van der Waals surface area contributed by atoms with Crippen molar-refractivity contribution in [3.63, 3.8) is 0 Å². The molecule has 0 bridgehead atoms. The number of nitrogens with zero attached hydrogens (tertiary/aromatic N) is 1. The van der Waals surface area contributed by atoms with E-state index in [0.717, 1.165) is 17.9 Å². The molecule has 0 spiro atoms. The fraction of sp³-hybridized carbons (Fsp3) is 0.562. The van der Waals surface area contributed by atoms with E-state index >= 15 is 0 Å². The Morgan fingerprint density at radius 3 is 2.67 bits per heavy atom. The summed E-state index contributed by atoms with van der Waals surface area (Å²) < 4.78 is 37.6. The van der Waals surface area contributed by atoms with Gasteiger partial charge < -0.3 is 9.47 Å². The molecule has 0 amide bonds. The third-order valence-electron chi connectivity index (χ3n) is 4.01. The average molecular weight is 373 g/mol. The lowest BCUT2D eigenvalue weighted by Gasteiger charge is -2.28. The van der Waals surface area contributed by atoms with Gasteiger partial charge in [0.15, 0.2) is 0 Å². The number of thioether (sulfide) groups is 1. The third kappa shape index (κ3) is 4.11. The predicted molar refractivity (Wildman–Crippen MR) is 94.0 cm³/mol. The number of ether oxygens (including phenoxy) is 2. The molecular formula is C16H23NO5S2. The quantitative estimate of drug-likeness (QED) is 0.680. The van der Waals surface area contributed by atoms with Crippen LogP contribution in [0.3, 0.4) is 0 Å². The van der Waals surface area contributed by atoms with Gasteiger partial charge in [-0.1, -0.05) is 0 Å². The number of sulfonamides is 1. The molecule has 6 nitrogen and oxygen atoms in total. The second-order valence-corrected chi connectivity index (χ2v) is 8.61. The summed E-state index contributed by atoms with van der Waals surface area (Å²) in [6.07, 6.45) is 0.840. The van der Waals surface area contributed by atoms with Crippen molar-refractivity contribution < 1.29 is 22.7 Å². The zero-order valence-corrected chi connectivity index (χ0v) is 15.8. The van der Waals surface area contributed by atoms with Crippen LogP contribution in [0, 0.1) is 6.92 Å². The summed E-state index contributed by atoms with van der Waals surface area (Å²) in [5, 5.41) is 0. The molecule has 1 aromatic rings. The van der Waals surface area contributed by atoms with Crippen molar-refractivity contribution in [2.75, 3.05) is 38.9 Å². The van der Waals surface area contributed by atoms with Crippen molar-refractivity contribution in [1.82, 2.24) is 4.31 Å². The minimum atomic E-state index is -3.65. The summed E-state index contributed by atoms with van der Waals surface area (Å²) in [4.78, 5) is 11.8. The topological polar surface area (TPSA) is 72.9 Å². The Morgan fingerprint density at radius 2 is 2.12 bits per heavy atom. The largest absolute Gasteiger partial charge is 0.465 e. The first-order valence-corrected chi connectivity index (χ1v) is 10.3. The van der Waals surface area contributed by atoms with Crippen molar-refractivity contribution in [3.8, 4) is 0 Å². The molecule has 24 heavy (non-hydrogen) atoms. The second-order valence-electron chi connectivity index (χ2n) is 5.60. The van der Waals surface area contributed by atoms with E-state index < -0.39 is 16.0 Å². The zero-order valence-electron chi connectivity index (χ0n) is 14.1. The first-order chi connectivity index (χ1) is 11.4. The number of hydrogen-bond donors (Lipinski definition) is 0. The molecule has 1 atom stereocenters. The fourth-order valence-corrected chi connectivity index (χ4v) is 5.90. The van der Waals surface area contributed by atoms with Gasteiger partial charge >= 0.3 is 5.97 Å². The number of aryl methyl sites for hydroxylation is 1. The lowest BCUT2D eigenvalue weighted by atomic mass is 10.1. The number of carbonyl (C=O) groups is 1. The van der Waals surface area contributed by atoms with E-state index in [2.05, 4.69) is 4.74 Å². The molecule has 0 saturated carbocycles. The number of rotatable bonds is 7. The fourth-order valence-electron chi connectivity index (χ4n) is 2.74. The molecule has 0 unspecified atom stereocenters. The Morgan fingerprint density at radius 1 is 1.38 bits per heavy atom. The van der Waals surface area contributed by atoms with Crippen LogP contribution in [-0.2, 0) is 19.5 Å². The van der Waals surface area contributed by atoms with E-state index in [4.69, 9.17) is 4.74 Å². The highest BCUT2D eigenvalue weighted by Crippen LogP contribution is 2.29. The summed E-state index contributed by atoms with van der Waals surface area (Å²) in [6, 6.07) is 4.51. The molecule has 1 heterocycles. The number of esters is 1. The summed E-state index contributed by atoms with van der Waals surface area (Å²) in [7, 11) is -0.790. The molecule has 1 aromatic carbocycles. The van der Waals surface area contributed by atoms with Crippen molar-refractivity contribution >= 4 is 27.8 Å². The molecule has 1 fully saturated rings. The van der Waals surface area contributed by atoms with Crippen LogP contribution in [0.25, 0.3) is 0 Å². The highest BCUT2D eigenvalue weighted by molar-refractivity contribution is 7.99. The molecule has 134 valence electrons. The van der Waals surface area contributed by atoms with Gasteiger partial charge in [0.2, 0.25) is 10.0 Å². The molecule has 2 rings (SSSR count). The number of methoxy groups -OCH3 is 2. The van der Waals surface area contributed by atoms with Crippen molar-refractivity contribution in [2.24, 2.45) is 0 Å². The van der Waals surface area contributed by atoms with E-state index in [9.17, 15) is 13.2 Å². The number of benzene rings is 1. The van der Waals surface area contributed by atoms with E-state index in [1.54, 1.807) is 31.9 Å². The van der Waals surface area contributed by atoms with Crippen LogP contribution in [-0.4, -0.2) is 63.6 Å². The van der Waals surface area contributed by atoms with Gasteiger partial charge in [-0.25, -0.2) is 13.2 Å². The van der Waals surface area contributed by atoms with Crippen LogP contribution in [0.15, 0.2) is 23.1 Å². The molecular weight excluding hydrogens is 350 g/mol. The van der Waals surface area contributed by atoms with Gasteiger partial charge in [0.25, 0.3) is 0 Å². The van der Waals surface area contributed by atoms with Gasteiger partial charge in [0.05, 0.1) is 24.2 Å². The van der Waals surface area contributed by atoms with Gasteiger partial charge in [0.1, 0.15) is 0 Å². The summed E-state index contributed by atoms with van der Waals surface area (Å²) in [6.45, 7) is 2.36. The van der Waals surface area contributed by atoms with Crippen LogP contribution in [0.4, 0.5) is 0 Å². The number of carbonyl (C=O) groups excluding carboxylic acids is 1. The first kappa shape index (κ1) is 19.2. The lowest BCUT2D eigenvalue weighted by Crippen LogP contribution is -2.42. The summed E-state index contributed by atoms with van der Waals surface area (Å²) in [5.41, 5.74) is 0.875. The first-order valence-electron chi connectivity index (χ1n) is 7.69. The minimum Gasteiger partial charge on any atom is -0.465 e. The van der Waals surface area contributed by atoms with Crippen molar-refractivity contribution in [1.29, 1.82) is 0 Å². The Hall–Kier alpha value is -1.09. The van der Waals surface area contributed by atoms with Gasteiger partial charge in [-0.15, -0.1) is 0 Å². The maximum Gasteiger partial charge on any atom is 0.337 e. The van der Waals surface area contributed by atoms with Crippen LogP contribution in [0.5, 0.6) is 0 Å². The second kappa shape index (κ2) is 8.33. The molecule has 0 aliphatic carbocycles. The molecule has 0 radical (unpaired) electrons. The Bertz CT molecular complexity index is 684. The predicted octanol–water partition coefficient (Wildman–Crippen LogP) is 1.92.